The van der Waals surface area contributed by atoms with E-state index in [9.17, 15) is 4.79 Å². The molecule has 1 amide bonds. The number of nitrogens with one attached hydrogen (secondary N) is 2. The number of anilines is 2. The van der Waals surface area contributed by atoms with Gasteiger partial charge >= 0.3 is 0 Å². The summed E-state index contributed by atoms with van der Waals surface area (Å²) < 4.78 is 5.37. The second-order valence-electron chi connectivity index (χ2n) is 5.74. The fourth-order valence-corrected chi connectivity index (χ4v) is 2.50. The van der Waals surface area contributed by atoms with Crippen LogP contribution in [-0.4, -0.2) is 49.4 Å². The van der Waals surface area contributed by atoms with Crippen LogP contribution in [0.5, 0.6) is 0 Å². The Morgan fingerprint density at radius 2 is 1.56 bits per heavy atom. The summed E-state index contributed by atoms with van der Waals surface area (Å²) in [7, 11) is 0. The molecule has 0 saturated carbocycles. The first-order valence-electron chi connectivity index (χ1n) is 8.35. The normalized spacial score (nSPS) is 15.6. The first kappa shape index (κ1) is 17.1. The molecular weight excluding hydrogens is 316 g/mol. The number of ether oxygens (including phenoxy) is 1. The maximum atomic E-state index is 12.7. The highest BCUT2D eigenvalue weighted by atomic mass is 16.5. The third-order valence-corrected chi connectivity index (χ3v) is 3.86. The number of carbonyl (C=O) groups is 1. The van der Waals surface area contributed by atoms with Crippen molar-refractivity contribution < 1.29 is 9.53 Å². The van der Waals surface area contributed by atoms with Crippen molar-refractivity contribution in [1.29, 1.82) is 0 Å². The molecule has 2 aromatic carbocycles. The van der Waals surface area contributed by atoms with E-state index in [1.807, 2.05) is 60.7 Å². The summed E-state index contributed by atoms with van der Waals surface area (Å²) in [5.74, 6) is -0.207. The number of hydrogen-bond acceptors (Lipinski definition) is 5. The molecule has 1 aliphatic rings. The van der Waals surface area contributed by atoms with E-state index in [-0.39, 0.29) is 5.91 Å². The van der Waals surface area contributed by atoms with Crippen LogP contribution in [0.25, 0.3) is 0 Å². The molecule has 0 bridgehead atoms. The van der Waals surface area contributed by atoms with Gasteiger partial charge in [0.15, 0.2) is 0 Å². The van der Waals surface area contributed by atoms with Crippen molar-refractivity contribution in [2.75, 3.05) is 43.6 Å². The van der Waals surface area contributed by atoms with Gasteiger partial charge in [0.05, 0.1) is 18.9 Å². The molecule has 1 heterocycles. The summed E-state index contributed by atoms with van der Waals surface area (Å²) in [4.78, 5) is 14.8. The fourth-order valence-electron chi connectivity index (χ4n) is 2.50. The Kier molecular flexibility index (Phi) is 6.14. The maximum Gasteiger partial charge on any atom is 0.273 e. The minimum Gasteiger partial charge on any atom is -0.379 e. The predicted molar refractivity (Wildman–Crippen MR) is 99.8 cm³/mol. The van der Waals surface area contributed by atoms with E-state index in [1.54, 1.807) is 0 Å². The van der Waals surface area contributed by atoms with Gasteiger partial charge in [-0.25, -0.2) is 0 Å². The van der Waals surface area contributed by atoms with E-state index >= 15 is 0 Å². The predicted octanol–water partition coefficient (Wildman–Crippen LogP) is 2.43. The van der Waals surface area contributed by atoms with E-state index in [1.165, 1.54) is 0 Å². The van der Waals surface area contributed by atoms with Crippen LogP contribution in [0.1, 0.15) is 0 Å². The van der Waals surface area contributed by atoms with Crippen molar-refractivity contribution >= 4 is 23.0 Å². The molecule has 3 rings (SSSR count). The summed E-state index contributed by atoms with van der Waals surface area (Å²) in [6.07, 6.45) is 0. The molecule has 1 fully saturated rings. The zero-order valence-corrected chi connectivity index (χ0v) is 14.0. The molecular formula is C19H22N4O2. The van der Waals surface area contributed by atoms with Crippen LogP contribution in [0, 0.1) is 0 Å². The van der Waals surface area contributed by atoms with E-state index in [2.05, 4.69) is 20.7 Å². The number of morpholine rings is 1. The van der Waals surface area contributed by atoms with Gasteiger partial charge in [0.1, 0.15) is 5.71 Å². The molecule has 6 nitrogen and oxygen atoms in total. The van der Waals surface area contributed by atoms with Gasteiger partial charge in [0, 0.05) is 25.3 Å². The minimum absolute atomic E-state index is 0.207. The summed E-state index contributed by atoms with van der Waals surface area (Å²) >= 11 is 0. The lowest BCUT2D eigenvalue weighted by molar-refractivity contribution is -0.110. The van der Waals surface area contributed by atoms with Crippen molar-refractivity contribution in [3.05, 3.63) is 60.7 Å². The summed E-state index contributed by atoms with van der Waals surface area (Å²) in [6, 6.07) is 19.0. The summed E-state index contributed by atoms with van der Waals surface area (Å²) in [5, 5.41) is 7.26. The number of hydrazone groups is 1. The Morgan fingerprint density at radius 1 is 0.960 bits per heavy atom. The van der Waals surface area contributed by atoms with Gasteiger partial charge in [-0.3, -0.25) is 15.1 Å². The Labute approximate surface area is 147 Å². The first-order chi connectivity index (χ1) is 12.3. The van der Waals surface area contributed by atoms with Gasteiger partial charge < -0.3 is 10.1 Å². The number of carbonyl (C=O) groups excluding carboxylic acids is 1. The molecule has 0 aliphatic carbocycles. The summed E-state index contributed by atoms with van der Waals surface area (Å²) in [5.41, 5.74) is 5.00. The van der Waals surface area contributed by atoms with Gasteiger partial charge in [-0.15, -0.1) is 0 Å². The van der Waals surface area contributed by atoms with Crippen molar-refractivity contribution in [2.24, 2.45) is 5.10 Å². The second kappa shape index (κ2) is 8.96. The van der Waals surface area contributed by atoms with Gasteiger partial charge in [0.25, 0.3) is 5.91 Å². The highest BCUT2D eigenvalue weighted by Gasteiger charge is 2.18. The SMILES string of the molecule is O=C(Nc1ccccc1)/C(CN1CCOCC1)=N/Nc1ccccc1. The lowest BCUT2D eigenvalue weighted by Gasteiger charge is -2.26. The molecule has 0 spiro atoms. The van der Waals surface area contributed by atoms with Crippen molar-refractivity contribution in [1.82, 2.24) is 4.90 Å². The number of amides is 1. The molecule has 0 atom stereocenters. The van der Waals surface area contributed by atoms with Crippen LogP contribution in [0.4, 0.5) is 11.4 Å². The Hall–Kier alpha value is -2.70. The number of benzene rings is 2. The molecule has 0 unspecified atom stereocenters. The van der Waals surface area contributed by atoms with Crippen molar-refractivity contribution in [2.45, 2.75) is 0 Å². The molecule has 2 N–H and O–H groups in total. The number of para-hydroxylation sites is 2. The summed E-state index contributed by atoms with van der Waals surface area (Å²) in [6.45, 7) is 3.42. The second-order valence-corrected chi connectivity index (χ2v) is 5.74. The molecule has 25 heavy (non-hydrogen) atoms. The lowest BCUT2D eigenvalue weighted by Crippen LogP contribution is -2.42. The molecule has 0 aromatic heterocycles. The fraction of sp³-hybridized carbons (Fsp3) is 0.263. The van der Waals surface area contributed by atoms with Crippen LogP contribution in [0.3, 0.4) is 0 Å². The smallest absolute Gasteiger partial charge is 0.273 e. The topological polar surface area (TPSA) is 66.0 Å². The minimum atomic E-state index is -0.207. The third-order valence-electron chi connectivity index (χ3n) is 3.86. The Balaban J connectivity index is 1.71. The van der Waals surface area contributed by atoms with Crippen LogP contribution in [0.15, 0.2) is 65.8 Å². The van der Waals surface area contributed by atoms with Crippen LogP contribution in [-0.2, 0) is 9.53 Å². The average molecular weight is 338 g/mol. The monoisotopic (exact) mass is 338 g/mol. The molecule has 130 valence electrons. The molecule has 1 saturated heterocycles. The van der Waals surface area contributed by atoms with Gasteiger partial charge in [-0.05, 0) is 24.3 Å². The van der Waals surface area contributed by atoms with E-state index in [0.717, 1.165) is 24.5 Å². The Bertz CT molecular complexity index is 698. The Morgan fingerprint density at radius 3 is 2.20 bits per heavy atom. The van der Waals surface area contributed by atoms with Crippen LogP contribution in [0.2, 0.25) is 0 Å². The van der Waals surface area contributed by atoms with Gasteiger partial charge in [-0.2, -0.15) is 5.10 Å². The highest BCUT2D eigenvalue weighted by Crippen LogP contribution is 2.08. The average Bonchev–Trinajstić information content (AvgIpc) is 2.67. The molecule has 0 radical (unpaired) electrons. The standard InChI is InChI=1S/C19H22N4O2/c24-19(20-16-7-3-1-4-8-16)18(15-23-11-13-25-14-12-23)22-21-17-9-5-2-6-10-17/h1-10,21H,11-15H2,(H,20,24)/b22-18+. The zero-order chi connectivity index (χ0) is 17.3. The lowest BCUT2D eigenvalue weighted by atomic mass is 10.2. The maximum absolute atomic E-state index is 12.7. The molecule has 6 heteroatoms. The highest BCUT2D eigenvalue weighted by molar-refractivity contribution is 6.43. The molecule has 2 aromatic rings. The van der Waals surface area contributed by atoms with Gasteiger partial charge in [0.2, 0.25) is 0 Å². The van der Waals surface area contributed by atoms with Crippen LogP contribution >= 0.6 is 0 Å². The largest absolute Gasteiger partial charge is 0.379 e. The first-order valence-corrected chi connectivity index (χ1v) is 8.35. The number of hydrogen-bond donors (Lipinski definition) is 2. The van der Waals surface area contributed by atoms with Crippen LogP contribution < -0.4 is 10.7 Å². The molecule has 1 aliphatic heterocycles. The quantitative estimate of drug-likeness (QED) is 0.627. The number of rotatable bonds is 6. The van der Waals surface area contributed by atoms with Gasteiger partial charge in [-0.1, -0.05) is 36.4 Å². The van der Waals surface area contributed by atoms with E-state index in [4.69, 9.17) is 4.74 Å². The third kappa shape index (κ3) is 5.41. The number of nitrogens with zero attached hydrogens (tertiary/aromatic N) is 2. The van der Waals surface area contributed by atoms with E-state index in [0.29, 0.717) is 25.5 Å². The van der Waals surface area contributed by atoms with E-state index < -0.39 is 0 Å². The van der Waals surface area contributed by atoms with Crippen molar-refractivity contribution in [3.8, 4) is 0 Å². The zero-order valence-electron chi connectivity index (χ0n) is 14.0. The van der Waals surface area contributed by atoms with Crippen molar-refractivity contribution in [3.63, 3.8) is 0 Å².